The van der Waals surface area contributed by atoms with E-state index in [1.807, 2.05) is 0 Å². The largest absolute Gasteiger partial charge is 0.288 e. The summed E-state index contributed by atoms with van der Waals surface area (Å²) < 4.78 is 0. The van der Waals surface area contributed by atoms with Crippen molar-refractivity contribution in [3.63, 3.8) is 0 Å². The average Bonchev–Trinajstić information content (AvgIpc) is 2.10. The second-order valence-corrected chi connectivity index (χ2v) is 3.14. The Hall–Kier alpha value is -1.29. The van der Waals surface area contributed by atoms with Crippen LogP contribution < -0.4 is 0 Å². The van der Waals surface area contributed by atoms with Crippen LogP contribution >= 0.6 is 23.8 Å². The number of nitro benzene ring substituents is 1. The summed E-state index contributed by atoms with van der Waals surface area (Å²) in [6.45, 7) is 1.69. The number of halogens is 1. The van der Waals surface area contributed by atoms with Gasteiger partial charge < -0.3 is 0 Å². The number of aryl methyl sites for hydroxylation is 1. The molecule has 0 unspecified atom stereocenters. The molecule has 0 aliphatic heterocycles. The minimum absolute atomic E-state index is 0.0459. The molecule has 0 saturated heterocycles. The van der Waals surface area contributed by atoms with Crippen molar-refractivity contribution in [2.45, 2.75) is 6.92 Å². The Morgan fingerprint density at radius 3 is 2.79 bits per heavy atom. The number of thiocarbonyl (C=S) groups is 1. The smallest absolute Gasteiger partial charge is 0.258 e. The number of hydrogen-bond acceptors (Lipinski definition) is 4. The lowest BCUT2D eigenvalue weighted by molar-refractivity contribution is -0.384. The highest BCUT2D eigenvalue weighted by atomic mass is 35.5. The minimum atomic E-state index is -0.541. The van der Waals surface area contributed by atoms with Gasteiger partial charge in [-0.3, -0.25) is 10.1 Å². The van der Waals surface area contributed by atoms with Crippen LogP contribution in [0.25, 0.3) is 0 Å². The summed E-state index contributed by atoms with van der Waals surface area (Å²) in [5.41, 5.74) is 1.00. The summed E-state index contributed by atoms with van der Waals surface area (Å²) in [4.78, 5) is 13.7. The summed E-state index contributed by atoms with van der Waals surface area (Å²) in [5.74, 6) is 0. The highest BCUT2D eigenvalue weighted by Crippen LogP contribution is 2.31. The van der Waals surface area contributed by atoms with Crippen molar-refractivity contribution < 1.29 is 4.92 Å². The zero-order chi connectivity index (χ0) is 10.7. The van der Waals surface area contributed by atoms with Gasteiger partial charge in [0.05, 0.1) is 15.8 Å². The van der Waals surface area contributed by atoms with Crippen LogP contribution in [0, 0.1) is 17.0 Å². The second-order valence-electron chi connectivity index (χ2n) is 2.55. The second kappa shape index (κ2) is 4.28. The molecule has 14 heavy (non-hydrogen) atoms. The molecule has 4 nitrogen and oxygen atoms in total. The van der Waals surface area contributed by atoms with Gasteiger partial charge in [0.15, 0.2) is 0 Å². The first-order valence-corrected chi connectivity index (χ1v) is 4.37. The predicted octanol–water partition coefficient (Wildman–Crippen LogP) is 3.29. The summed E-state index contributed by atoms with van der Waals surface area (Å²) in [7, 11) is 0. The Bertz CT molecular complexity index is 413. The maximum Gasteiger partial charge on any atom is 0.288 e. The van der Waals surface area contributed by atoms with E-state index in [0.717, 1.165) is 0 Å². The maximum atomic E-state index is 10.5. The van der Waals surface area contributed by atoms with Crippen LogP contribution in [-0.2, 0) is 0 Å². The zero-order valence-electron chi connectivity index (χ0n) is 7.15. The van der Waals surface area contributed by atoms with E-state index in [1.165, 1.54) is 12.1 Å². The van der Waals surface area contributed by atoms with Gasteiger partial charge in [0.25, 0.3) is 5.69 Å². The number of hydrogen-bond donors (Lipinski definition) is 0. The first kappa shape index (κ1) is 10.8. The van der Waals surface area contributed by atoms with Gasteiger partial charge in [-0.1, -0.05) is 11.6 Å². The lowest BCUT2D eigenvalue weighted by Crippen LogP contribution is -1.90. The molecule has 0 N–H and O–H groups in total. The Morgan fingerprint density at radius 2 is 2.29 bits per heavy atom. The lowest BCUT2D eigenvalue weighted by atomic mass is 10.2. The van der Waals surface area contributed by atoms with Crippen molar-refractivity contribution >= 4 is 40.4 Å². The molecule has 0 amide bonds. The number of aliphatic imine (C=N–C) groups is 1. The first-order chi connectivity index (χ1) is 6.56. The van der Waals surface area contributed by atoms with Gasteiger partial charge in [-0.05, 0) is 30.8 Å². The van der Waals surface area contributed by atoms with Crippen molar-refractivity contribution in [3.05, 3.63) is 32.8 Å². The van der Waals surface area contributed by atoms with Crippen molar-refractivity contribution in [3.8, 4) is 0 Å². The van der Waals surface area contributed by atoms with Crippen LogP contribution in [0.4, 0.5) is 11.4 Å². The van der Waals surface area contributed by atoms with Crippen molar-refractivity contribution in [2.24, 2.45) is 4.99 Å². The average molecular weight is 229 g/mol. The van der Waals surface area contributed by atoms with Crippen molar-refractivity contribution in [2.75, 3.05) is 0 Å². The first-order valence-electron chi connectivity index (χ1n) is 3.58. The van der Waals surface area contributed by atoms with Gasteiger partial charge in [-0.25, -0.2) is 0 Å². The number of isothiocyanates is 1. The Morgan fingerprint density at radius 1 is 1.64 bits per heavy atom. The van der Waals surface area contributed by atoms with Crippen molar-refractivity contribution in [1.82, 2.24) is 0 Å². The Kier molecular flexibility index (Phi) is 3.30. The van der Waals surface area contributed by atoms with Gasteiger partial charge in [-0.2, -0.15) is 4.99 Å². The summed E-state index contributed by atoms with van der Waals surface area (Å²) in [6, 6.07) is 2.75. The van der Waals surface area contributed by atoms with E-state index >= 15 is 0 Å². The van der Waals surface area contributed by atoms with Crippen LogP contribution in [0.1, 0.15) is 5.56 Å². The molecule has 6 heteroatoms. The molecule has 0 aliphatic carbocycles. The minimum Gasteiger partial charge on any atom is -0.258 e. The van der Waals surface area contributed by atoms with Gasteiger partial charge >= 0.3 is 0 Å². The monoisotopic (exact) mass is 228 g/mol. The highest BCUT2D eigenvalue weighted by Gasteiger charge is 2.14. The molecule has 0 saturated carbocycles. The Labute approximate surface area is 90.4 Å². The predicted molar refractivity (Wildman–Crippen MR) is 57.5 cm³/mol. The lowest BCUT2D eigenvalue weighted by Gasteiger charge is -2.00. The summed E-state index contributed by atoms with van der Waals surface area (Å²) in [6.07, 6.45) is 0. The molecule has 0 atom stereocenters. The molecule has 1 rings (SSSR count). The molecule has 0 radical (unpaired) electrons. The van der Waals surface area contributed by atoms with Gasteiger partial charge in [0, 0.05) is 6.07 Å². The molecule has 0 fully saturated rings. The fourth-order valence-corrected chi connectivity index (χ4v) is 1.29. The van der Waals surface area contributed by atoms with E-state index in [0.29, 0.717) is 11.3 Å². The third-order valence-electron chi connectivity index (χ3n) is 1.63. The quantitative estimate of drug-likeness (QED) is 0.338. The number of benzene rings is 1. The van der Waals surface area contributed by atoms with Crippen LogP contribution in [0.3, 0.4) is 0 Å². The van der Waals surface area contributed by atoms with Gasteiger partial charge in [-0.15, -0.1) is 0 Å². The SMILES string of the molecule is Cc1cc([N+](=O)[O-])c(Cl)cc1N=C=S. The van der Waals surface area contributed by atoms with E-state index in [2.05, 4.69) is 22.4 Å². The molecule has 0 spiro atoms. The summed E-state index contributed by atoms with van der Waals surface area (Å²) in [5, 5.41) is 12.7. The topological polar surface area (TPSA) is 55.5 Å². The molecular formula is C8H5ClN2O2S. The number of rotatable bonds is 2. The third-order valence-corrected chi connectivity index (χ3v) is 2.02. The molecule has 0 heterocycles. The van der Waals surface area contributed by atoms with E-state index in [9.17, 15) is 10.1 Å². The maximum absolute atomic E-state index is 10.5. The zero-order valence-corrected chi connectivity index (χ0v) is 8.72. The molecule has 0 bridgehead atoms. The fraction of sp³-hybridized carbons (Fsp3) is 0.125. The van der Waals surface area contributed by atoms with E-state index in [-0.39, 0.29) is 10.7 Å². The molecular weight excluding hydrogens is 224 g/mol. The van der Waals surface area contributed by atoms with Gasteiger partial charge in [0.2, 0.25) is 0 Å². The van der Waals surface area contributed by atoms with E-state index < -0.39 is 4.92 Å². The summed E-state index contributed by atoms with van der Waals surface area (Å²) >= 11 is 10.1. The third kappa shape index (κ3) is 2.14. The molecule has 0 aromatic heterocycles. The van der Waals surface area contributed by atoms with Gasteiger partial charge in [0.1, 0.15) is 5.02 Å². The molecule has 72 valence electrons. The van der Waals surface area contributed by atoms with Crippen LogP contribution in [-0.4, -0.2) is 10.1 Å². The number of nitrogens with zero attached hydrogens (tertiary/aromatic N) is 2. The van der Waals surface area contributed by atoms with Crippen LogP contribution in [0.5, 0.6) is 0 Å². The van der Waals surface area contributed by atoms with Crippen LogP contribution in [0.2, 0.25) is 5.02 Å². The normalized spacial score (nSPS) is 9.29. The Balaban J connectivity index is 3.37. The fourth-order valence-electron chi connectivity index (χ4n) is 0.965. The van der Waals surface area contributed by atoms with Crippen molar-refractivity contribution in [1.29, 1.82) is 0 Å². The molecule has 0 aliphatic rings. The molecule has 1 aromatic rings. The van der Waals surface area contributed by atoms with E-state index in [4.69, 9.17) is 11.6 Å². The number of nitro groups is 1. The van der Waals surface area contributed by atoms with Crippen LogP contribution in [0.15, 0.2) is 17.1 Å². The standard InChI is InChI=1S/C8H5ClN2O2S/c1-5-2-8(11(12)13)6(9)3-7(5)10-4-14/h2-3H,1H3. The molecule has 1 aromatic carbocycles. The highest BCUT2D eigenvalue weighted by molar-refractivity contribution is 7.78. The van der Waals surface area contributed by atoms with E-state index in [1.54, 1.807) is 6.92 Å².